The van der Waals surface area contributed by atoms with Crippen molar-refractivity contribution in [3.05, 3.63) is 18.0 Å². The van der Waals surface area contributed by atoms with Crippen molar-refractivity contribution in [3.8, 4) is 0 Å². The lowest BCUT2D eigenvalue weighted by molar-refractivity contribution is 0.242. The van der Waals surface area contributed by atoms with Gasteiger partial charge in [-0.05, 0) is 46.0 Å². The number of hydrogen-bond donors (Lipinski definition) is 0. The molecule has 0 radical (unpaired) electrons. The van der Waals surface area contributed by atoms with Crippen molar-refractivity contribution in [2.75, 3.05) is 27.2 Å². The lowest BCUT2D eigenvalue weighted by Gasteiger charge is -2.23. The highest BCUT2D eigenvalue weighted by molar-refractivity contribution is 4.99. The lowest BCUT2D eigenvalue weighted by Crippen LogP contribution is -2.30. The summed E-state index contributed by atoms with van der Waals surface area (Å²) in [6, 6.07) is 2.88. The molecule has 0 aliphatic carbocycles. The highest BCUT2D eigenvalue weighted by Crippen LogP contribution is 2.16. The minimum absolute atomic E-state index is 0.756. The zero-order chi connectivity index (χ0) is 12.3. The van der Waals surface area contributed by atoms with Gasteiger partial charge in [-0.25, -0.2) is 0 Å². The number of aryl methyl sites for hydroxylation is 1. The standard InChI is InChI=1S/C13H24N4/c1-15(2)12-5-4-9-17(10-7-12)11-13-6-8-14-16(13)3/h6,8,12H,4-5,7,9-11H2,1-3H3. The van der Waals surface area contributed by atoms with Gasteiger partial charge in [0.25, 0.3) is 0 Å². The smallest absolute Gasteiger partial charge is 0.0521 e. The minimum atomic E-state index is 0.756. The fourth-order valence-electron chi connectivity index (χ4n) is 2.60. The van der Waals surface area contributed by atoms with E-state index in [1.807, 2.05) is 17.9 Å². The molecule has 0 aromatic carbocycles. The SMILES string of the molecule is CN(C)C1CCCN(Cc2ccnn2C)CC1. The highest BCUT2D eigenvalue weighted by Gasteiger charge is 2.18. The number of hydrogen-bond acceptors (Lipinski definition) is 3. The molecule has 4 heteroatoms. The molecule has 2 rings (SSSR count). The van der Waals surface area contributed by atoms with Crippen LogP contribution in [0.5, 0.6) is 0 Å². The van der Waals surface area contributed by atoms with Crippen molar-refractivity contribution in [1.29, 1.82) is 0 Å². The van der Waals surface area contributed by atoms with Crippen molar-refractivity contribution in [2.24, 2.45) is 7.05 Å². The minimum Gasteiger partial charge on any atom is -0.306 e. The molecule has 0 N–H and O–H groups in total. The quantitative estimate of drug-likeness (QED) is 0.791. The van der Waals surface area contributed by atoms with E-state index in [9.17, 15) is 0 Å². The van der Waals surface area contributed by atoms with Crippen LogP contribution in [0.2, 0.25) is 0 Å². The third kappa shape index (κ3) is 3.30. The summed E-state index contributed by atoms with van der Waals surface area (Å²) in [5.74, 6) is 0. The van der Waals surface area contributed by atoms with Crippen LogP contribution in [0.25, 0.3) is 0 Å². The van der Waals surface area contributed by atoms with Crippen molar-refractivity contribution < 1.29 is 0 Å². The Morgan fingerprint density at radius 1 is 1.35 bits per heavy atom. The van der Waals surface area contributed by atoms with Crippen LogP contribution < -0.4 is 0 Å². The molecule has 0 saturated carbocycles. The van der Waals surface area contributed by atoms with Gasteiger partial charge in [0.1, 0.15) is 0 Å². The van der Waals surface area contributed by atoms with E-state index < -0.39 is 0 Å². The fraction of sp³-hybridized carbons (Fsp3) is 0.769. The van der Waals surface area contributed by atoms with Gasteiger partial charge < -0.3 is 4.90 Å². The monoisotopic (exact) mass is 236 g/mol. The second-order valence-electron chi connectivity index (χ2n) is 5.27. The van der Waals surface area contributed by atoms with E-state index in [2.05, 4.69) is 35.1 Å². The average Bonchev–Trinajstić information content (AvgIpc) is 2.55. The van der Waals surface area contributed by atoms with E-state index in [0.717, 1.165) is 12.6 Å². The predicted molar refractivity (Wildman–Crippen MR) is 69.8 cm³/mol. The van der Waals surface area contributed by atoms with Crippen molar-refractivity contribution >= 4 is 0 Å². The van der Waals surface area contributed by atoms with Crippen LogP contribution in [-0.4, -0.2) is 52.8 Å². The molecular formula is C13H24N4. The summed E-state index contributed by atoms with van der Waals surface area (Å²) in [4.78, 5) is 4.92. The molecular weight excluding hydrogens is 212 g/mol. The van der Waals surface area contributed by atoms with Crippen LogP contribution in [0.3, 0.4) is 0 Å². The van der Waals surface area contributed by atoms with Gasteiger partial charge in [0.05, 0.1) is 5.69 Å². The molecule has 4 nitrogen and oxygen atoms in total. The Morgan fingerprint density at radius 3 is 2.82 bits per heavy atom. The van der Waals surface area contributed by atoms with Crippen LogP contribution >= 0.6 is 0 Å². The highest BCUT2D eigenvalue weighted by atomic mass is 15.3. The Labute approximate surface area is 104 Å². The number of likely N-dealkylation sites (tertiary alicyclic amines) is 1. The summed E-state index contributed by atoms with van der Waals surface area (Å²) in [7, 11) is 6.42. The van der Waals surface area contributed by atoms with Crippen LogP contribution in [0.4, 0.5) is 0 Å². The molecule has 1 aromatic heterocycles. The first-order valence-corrected chi connectivity index (χ1v) is 6.52. The van der Waals surface area contributed by atoms with Crippen molar-refractivity contribution in [1.82, 2.24) is 19.6 Å². The van der Waals surface area contributed by atoms with Gasteiger partial charge in [-0.15, -0.1) is 0 Å². The maximum absolute atomic E-state index is 4.23. The predicted octanol–water partition coefficient (Wildman–Crippen LogP) is 1.34. The first kappa shape index (κ1) is 12.6. The van der Waals surface area contributed by atoms with Gasteiger partial charge >= 0.3 is 0 Å². The van der Waals surface area contributed by atoms with Gasteiger partial charge in [0.2, 0.25) is 0 Å². The Morgan fingerprint density at radius 2 is 2.18 bits per heavy atom. The van der Waals surface area contributed by atoms with Crippen LogP contribution in [0.15, 0.2) is 12.3 Å². The van der Waals surface area contributed by atoms with E-state index >= 15 is 0 Å². The van der Waals surface area contributed by atoms with Crippen molar-refractivity contribution in [3.63, 3.8) is 0 Å². The fourth-order valence-corrected chi connectivity index (χ4v) is 2.60. The maximum atomic E-state index is 4.23. The number of rotatable bonds is 3. The Bertz CT molecular complexity index is 345. The Balaban J connectivity index is 1.89. The molecule has 0 bridgehead atoms. The van der Waals surface area contributed by atoms with Gasteiger partial charge in [-0.1, -0.05) is 0 Å². The van der Waals surface area contributed by atoms with Gasteiger partial charge in [-0.2, -0.15) is 5.10 Å². The van der Waals surface area contributed by atoms with Crippen LogP contribution in [-0.2, 0) is 13.6 Å². The van der Waals surface area contributed by atoms with Gasteiger partial charge in [-0.3, -0.25) is 9.58 Å². The number of nitrogens with zero attached hydrogens (tertiary/aromatic N) is 4. The molecule has 0 amide bonds. The molecule has 96 valence electrons. The largest absolute Gasteiger partial charge is 0.306 e. The Hall–Kier alpha value is -0.870. The zero-order valence-corrected chi connectivity index (χ0v) is 11.3. The average molecular weight is 236 g/mol. The summed E-state index contributed by atoms with van der Waals surface area (Å²) in [6.45, 7) is 3.46. The molecule has 1 fully saturated rings. The summed E-state index contributed by atoms with van der Waals surface area (Å²) in [5.41, 5.74) is 1.31. The third-order valence-corrected chi connectivity index (χ3v) is 3.83. The molecule has 1 aromatic rings. The summed E-state index contributed by atoms with van der Waals surface area (Å²) in [6.07, 6.45) is 5.80. The topological polar surface area (TPSA) is 24.3 Å². The van der Waals surface area contributed by atoms with Crippen molar-refractivity contribution in [2.45, 2.75) is 31.8 Å². The normalized spacial score (nSPS) is 22.9. The molecule has 1 atom stereocenters. The lowest BCUT2D eigenvalue weighted by atomic mass is 10.1. The second-order valence-corrected chi connectivity index (χ2v) is 5.27. The van der Waals surface area contributed by atoms with Gasteiger partial charge in [0.15, 0.2) is 0 Å². The summed E-state index contributed by atoms with van der Waals surface area (Å²) < 4.78 is 1.98. The van der Waals surface area contributed by atoms with E-state index in [4.69, 9.17) is 0 Å². The molecule has 0 spiro atoms. The van der Waals surface area contributed by atoms with Gasteiger partial charge in [0, 0.05) is 32.4 Å². The summed E-state index contributed by atoms with van der Waals surface area (Å²) in [5, 5.41) is 4.23. The molecule has 2 heterocycles. The molecule has 1 unspecified atom stereocenters. The summed E-state index contributed by atoms with van der Waals surface area (Å²) >= 11 is 0. The molecule has 1 aliphatic heterocycles. The van der Waals surface area contributed by atoms with Crippen LogP contribution in [0, 0.1) is 0 Å². The molecule has 1 aliphatic rings. The first-order valence-electron chi connectivity index (χ1n) is 6.52. The number of aromatic nitrogens is 2. The van der Waals surface area contributed by atoms with E-state index in [-0.39, 0.29) is 0 Å². The van der Waals surface area contributed by atoms with E-state index in [1.165, 1.54) is 38.0 Å². The van der Waals surface area contributed by atoms with E-state index in [1.54, 1.807) is 0 Å². The van der Waals surface area contributed by atoms with Crippen LogP contribution in [0.1, 0.15) is 25.0 Å². The molecule has 17 heavy (non-hydrogen) atoms. The second kappa shape index (κ2) is 5.65. The molecule has 1 saturated heterocycles. The maximum Gasteiger partial charge on any atom is 0.0521 e. The zero-order valence-electron chi connectivity index (χ0n) is 11.3. The van der Waals surface area contributed by atoms with E-state index in [0.29, 0.717) is 0 Å². The third-order valence-electron chi connectivity index (χ3n) is 3.83. The Kier molecular flexibility index (Phi) is 4.18. The first-order chi connectivity index (χ1) is 8.16.